The van der Waals surface area contributed by atoms with Crippen molar-refractivity contribution in [1.29, 1.82) is 0 Å². The summed E-state index contributed by atoms with van der Waals surface area (Å²) >= 11 is 0. The lowest BCUT2D eigenvalue weighted by Crippen LogP contribution is -2.49. The van der Waals surface area contributed by atoms with Crippen molar-refractivity contribution in [2.24, 2.45) is 0 Å². The Morgan fingerprint density at radius 2 is 1.64 bits per heavy atom. The zero-order chi connectivity index (χ0) is 23.8. The van der Waals surface area contributed by atoms with Crippen molar-refractivity contribution in [3.8, 4) is 11.5 Å². The van der Waals surface area contributed by atoms with Crippen LogP contribution in [-0.2, 0) is 16.2 Å². The number of para-hydroxylation sites is 1. The summed E-state index contributed by atoms with van der Waals surface area (Å²) < 4.78 is 78.2. The molecule has 0 amide bonds. The van der Waals surface area contributed by atoms with E-state index in [-0.39, 0.29) is 48.2 Å². The Labute approximate surface area is 188 Å². The molecule has 0 saturated carbocycles. The molecular formula is C21H21F3N4O4S. The number of aromatic nitrogens is 2. The van der Waals surface area contributed by atoms with E-state index in [0.717, 1.165) is 0 Å². The van der Waals surface area contributed by atoms with Crippen LogP contribution in [0.1, 0.15) is 5.82 Å². The van der Waals surface area contributed by atoms with Gasteiger partial charge in [0.05, 0.1) is 19.7 Å². The van der Waals surface area contributed by atoms with E-state index < -0.39 is 22.0 Å². The first-order valence-electron chi connectivity index (χ1n) is 9.96. The maximum atomic E-state index is 13.3. The average Bonchev–Trinajstić information content (AvgIpc) is 2.82. The Kier molecular flexibility index (Phi) is 6.06. The first kappa shape index (κ1) is 23.1. The second kappa shape index (κ2) is 8.67. The van der Waals surface area contributed by atoms with Gasteiger partial charge in [0.2, 0.25) is 15.8 Å². The number of rotatable bonds is 5. The number of hydrogen-bond acceptors (Lipinski definition) is 7. The van der Waals surface area contributed by atoms with Gasteiger partial charge in [-0.2, -0.15) is 17.5 Å². The molecule has 0 unspecified atom stereocenters. The summed E-state index contributed by atoms with van der Waals surface area (Å²) in [6.45, 7) is 0.429. The van der Waals surface area contributed by atoms with Crippen molar-refractivity contribution in [2.75, 3.05) is 45.3 Å². The van der Waals surface area contributed by atoms with Crippen LogP contribution in [0.2, 0.25) is 0 Å². The Morgan fingerprint density at radius 1 is 0.939 bits per heavy atom. The standard InChI is InChI=1S/C21H21F3N4O4S/c1-31-14-7-8-17(32-2)18(13-14)33(29,30)28-11-9-27(10-12-28)19-15-5-3-4-6-16(15)25-20(26-19)21(22,23)24/h3-8,13H,9-12H2,1-2H3. The van der Waals surface area contributed by atoms with Crippen LogP contribution in [-0.4, -0.2) is 63.1 Å². The number of ether oxygens (including phenoxy) is 2. The van der Waals surface area contributed by atoms with Gasteiger partial charge in [-0.3, -0.25) is 0 Å². The van der Waals surface area contributed by atoms with Gasteiger partial charge < -0.3 is 14.4 Å². The van der Waals surface area contributed by atoms with Gasteiger partial charge in [0, 0.05) is 37.6 Å². The molecule has 0 radical (unpaired) electrons. The molecule has 4 rings (SSSR count). The number of sulfonamides is 1. The van der Waals surface area contributed by atoms with Gasteiger partial charge >= 0.3 is 6.18 Å². The highest BCUT2D eigenvalue weighted by atomic mass is 32.2. The number of methoxy groups -OCH3 is 2. The molecule has 0 N–H and O–H groups in total. The summed E-state index contributed by atoms with van der Waals surface area (Å²) in [6, 6.07) is 10.9. The molecule has 0 spiro atoms. The molecule has 176 valence electrons. The zero-order valence-electron chi connectivity index (χ0n) is 17.8. The Balaban J connectivity index is 1.63. The fourth-order valence-corrected chi connectivity index (χ4v) is 5.29. The van der Waals surface area contributed by atoms with Gasteiger partial charge in [-0.1, -0.05) is 12.1 Å². The quantitative estimate of drug-likeness (QED) is 0.552. The highest BCUT2D eigenvalue weighted by molar-refractivity contribution is 7.89. The van der Waals surface area contributed by atoms with Crippen LogP contribution in [0.5, 0.6) is 11.5 Å². The lowest BCUT2D eigenvalue weighted by molar-refractivity contribution is -0.144. The van der Waals surface area contributed by atoms with E-state index in [9.17, 15) is 21.6 Å². The summed E-state index contributed by atoms with van der Waals surface area (Å²) in [7, 11) is -1.13. The van der Waals surface area contributed by atoms with Gasteiger partial charge in [-0.25, -0.2) is 18.4 Å². The van der Waals surface area contributed by atoms with Crippen molar-refractivity contribution in [3.05, 3.63) is 48.3 Å². The van der Waals surface area contributed by atoms with Crippen LogP contribution >= 0.6 is 0 Å². The van der Waals surface area contributed by atoms with E-state index in [1.165, 1.54) is 36.7 Å². The van der Waals surface area contributed by atoms with Crippen molar-refractivity contribution in [3.63, 3.8) is 0 Å². The van der Waals surface area contributed by atoms with Crippen molar-refractivity contribution in [1.82, 2.24) is 14.3 Å². The smallest absolute Gasteiger partial charge is 0.451 e. The van der Waals surface area contributed by atoms with Crippen LogP contribution in [0.3, 0.4) is 0 Å². The van der Waals surface area contributed by atoms with E-state index >= 15 is 0 Å². The summed E-state index contributed by atoms with van der Waals surface area (Å²) in [4.78, 5) is 9.02. The summed E-state index contributed by atoms with van der Waals surface area (Å²) in [5.41, 5.74) is 0.172. The third-order valence-corrected chi connectivity index (χ3v) is 7.28. The number of hydrogen-bond donors (Lipinski definition) is 0. The predicted molar refractivity (Wildman–Crippen MR) is 115 cm³/mol. The molecule has 0 bridgehead atoms. The fraction of sp³-hybridized carbons (Fsp3) is 0.333. The van der Waals surface area contributed by atoms with Gasteiger partial charge in [-0.15, -0.1) is 0 Å². The Morgan fingerprint density at radius 3 is 2.27 bits per heavy atom. The Hall–Kier alpha value is -3.12. The number of alkyl halides is 3. The Bertz CT molecular complexity index is 1280. The molecule has 1 aliphatic heterocycles. The zero-order valence-corrected chi connectivity index (χ0v) is 18.7. The molecule has 0 atom stereocenters. The minimum atomic E-state index is -4.70. The molecule has 3 aromatic rings. The van der Waals surface area contributed by atoms with Crippen molar-refractivity contribution < 1.29 is 31.1 Å². The van der Waals surface area contributed by atoms with Gasteiger partial charge in [0.1, 0.15) is 22.2 Å². The molecule has 1 fully saturated rings. The number of fused-ring (bicyclic) bond motifs is 1. The molecule has 8 nitrogen and oxygen atoms in total. The summed E-state index contributed by atoms with van der Waals surface area (Å²) in [5, 5.41) is 0.469. The molecule has 1 saturated heterocycles. The van der Waals surface area contributed by atoms with E-state index in [1.807, 2.05) is 0 Å². The second-order valence-electron chi connectivity index (χ2n) is 7.29. The molecule has 2 heterocycles. The highest BCUT2D eigenvalue weighted by Crippen LogP contribution is 2.34. The lowest BCUT2D eigenvalue weighted by Gasteiger charge is -2.35. The molecular weight excluding hydrogens is 461 g/mol. The summed E-state index contributed by atoms with van der Waals surface area (Å²) in [5.74, 6) is -0.564. The molecule has 1 aromatic heterocycles. The maximum absolute atomic E-state index is 13.3. The first-order chi connectivity index (χ1) is 15.6. The number of anilines is 1. The van der Waals surface area contributed by atoms with Crippen LogP contribution in [0, 0.1) is 0 Å². The number of piperazine rings is 1. The van der Waals surface area contributed by atoms with Crippen LogP contribution in [0.15, 0.2) is 47.4 Å². The number of benzene rings is 2. The fourth-order valence-electron chi connectivity index (χ4n) is 3.69. The number of halogens is 3. The van der Waals surface area contributed by atoms with E-state index in [2.05, 4.69) is 9.97 Å². The number of nitrogens with zero attached hydrogens (tertiary/aromatic N) is 4. The summed E-state index contributed by atoms with van der Waals surface area (Å²) in [6.07, 6.45) is -4.70. The van der Waals surface area contributed by atoms with Crippen molar-refractivity contribution in [2.45, 2.75) is 11.1 Å². The van der Waals surface area contributed by atoms with E-state index in [4.69, 9.17) is 9.47 Å². The minimum absolute atomic E-state index is 0.0374. The molecule has 2 aromatic carbocycles. The van der Waals surface area contributed by atoms with Crippen LogP contribution < -0.4 is 14.4 Å². The average molecular weight is 482 g/mol. The van der Waals surface area contributed by atoms with Gasteiger partial charge in [-0.05, 0) is 24.3 Å². The first-order valence-corrected chi connectivity index (χ1v) is 11.4. The van der Waals surface area contributed by atoms with Gasteiger partial charge in [0.15, 0.2) is 0 Å². The predicted octanol–water partition coefficient (Wildman–Crippen LogP) is 3.18. The van der Waals surface area contributed by atoms with E-state index in [0.29, 0.717) is 11.1 Å². The molecule has 1 aliphatic rings. The van der Waals surface area contributed by atoms with E-state index in [1.54, 1.807) is 29.2 Å². The molecule has 12 heteroatoms. The minimum Gasteiger partial charge on any atom is -0.497 e. The maximum Gasteiger partial charge on any atom is 0.451 e. The van der Waals surface area contributed by atoms with Crippen LogP contribution in [0.4, 0.5) is 19.0 Å². The topological polar surface area (TPSA) is 84.9 Å². The normalized spacial score (nSPS) is 15.6. The highest BCUT2D eigenvalue weighted by Gasteiger charge is 2.37. The monoisotopic (exact) mass is 482 g/mol. The SMILES string of the molecule is COc1ccc(OC)c(S(=O)(=O)N2CCN(c3nc(C(F)(F)F)nc4ccccc34)CC2)c1. The lowest BCUT2D eigenvalue weighted by atomic mass is 10.2. The van der Waals surface area contributed by atoms with Crippen LogP contribution in [0.25, 0.3) is 10.9 Å². The molecule has 0 aliphatic carbocycles. The third-order valence-electron chi connectivity index (χ3n) is 5.36. The van der Waals surface area contributed by atoms with Gasteiger partial charge in [0.25, 0.3) is 0 Å². The second-order valence-corrected chi connectivity index (χ2v) is 9.20. The largest absolute Gasteiger partial charge is 0.497 e. The molecule has 33 heavy (non-hydrogen) atoms. The van der Waals surface area contributed by atoms with Crippen molar-refractivity contribution >= 4 is 26.7 Å². The third kappa shape index (κ3) is 4.40.